The van der Waals surface area contributed by atoms with E-state index in [1.807, 2.05) is 0 Å². The maximum Gasteiger partial charge on any atom is 0.287 e. The third kappa shape index (κ3) is 4.16. The third-order valence-electron chi connectivity index (χ3n) is 3.09. The van der Waals surface area contributed by atoms with Crippen LogP contribution in [-0.4, -0.2) is 37.4 Å². The smallest absolute Gasteiger partial charge is 0.287 e. The molecule has 6 heteroatoms. The highest BCUT2D eigenvalue weighted by Gasteiger charge is 2.14. The topological polar surface area (TPSA) is 71.7 Å². The third-order valence-corrected chi connectivity index (χ3v) is 3.09. The second-order valence-corrected chi connectivity index (χ2v) is 4.80. The molecule has 2 rings (SSSR count). The van der Waals surface area contributed by atoms with Gasteiger partial charge in [-0.15, -0.1) is 0 Å². The molecule has 0 spiro atoms. The second kappa shape index (κ2) is 7.72. The van der Waals surface area contributed by atoms with Crippen LogP contribution in [0.25, 0.3) is 11.3 Å². The lowest BCUT2D eigenvalue weighted by Gasteiger charge is -2.09. The van der Waals surface area contributed by atoms with Gasteiger partial charge in [0.05, 0.1) is 18.3 Å². The van der Waals surface area contributed by atoms with Crippen molar-refractivity contribution in [2.75, 3.05) is 20.3 Å². The summed E-state index contributed by atoms with van der Waals surface area (Å²) >= 11 is 0. The van der Waals surface area contributed by atoms with Crippen LogP contribution in [0.1, 0.15) is 17.0 Å². The van der Waals surface area contributed by atoms with E-state index in [2.05, 4.69) is 5.32 Å². The second-order valence-electron chi connectivity index (χ2n) is 4.80. The number of hydrogen-bond acceptors (Lipinski definition) is 4. The largest absolute Gasteiger partial charge is 0.451 e. The zero-order chi connectivity index (χ0) is 15.9. The molecule has 1 aromatic heterocycles. The number of methoxy groups -OCH3 is 1. The molecule has 0 aliphatic rings. The number of aliphatic hydroxyl groups is 1. The lowest BCUT2D eigenvalue weighted by atomic mass is 10.1. The Labute approximate surface area is 127 Å². The van der Waals surface area contributed by atoms with Gasteiger partial charge in [-0.2, -0.15) is 0 Å². The average Bonchev–Trinajstić information content (AvgIpc) is 2.97. The summed E-state index contributed by atoms with van der Waals surface area (Å²) in [7, 11) is 1.49. The molecule has 1 unspecified atom stereocenters. The minimum atomic E-state index is -0.629. The van der Waals surface area contributed by atoms with E-state index < -0.39 is 17.8 Å². The van der Waals surface area contributed by atoms with E-state index in [0.29, 0.717) is 24.3 Å². The number of carbonyl (C=O) groups is 1. The Bertz CT molecular complexity index is 626. The maximum atomic E-state index is 13.6. The average molecular weight is 307 g/mol. The van der Waals surface area contributed by atoms with E-state index in [9.17, 15) is 14.3 Å². The first-order valence-electron chi connectivity index (χ1n) is 6.91. The Balaban J connectivity index is 1.94. The van der Waals surface area contributed by atoms with Gasteiger partial charge in [0.25, 0.3) is 5.91 Å². The molecule has 1 heterocycles. The van der Waals surface area contributed by atoms with Crippen LogP contribution in [0, 0.1) is 5.82 Å². The van der Waals surface area contributed by atoms with Crippen molar-refractivity contribution in [3.05, 3.63) is 48.0 Å². The summed E-state index contributed by atoms with van der Waals surface area (Å²) in [5.41, 5.74) is 0.303. The molecule has 1 aromatic carbocycles. The van der Waals surface area contributed by atoms with E-state index >= 15 is 0 Å². The number of aliphatic hydroxyl groups excluding tert-OH is 1. The van der Waals surface area contributed by atoms with Gasteiger partial charge in [0, 0.05) is 13.7 Å². The SMILES string of the molecule is COCC(O)CCNC(=O)c1ccc(-c2ccccc2F)o1. The molecule has 0 aliphatic carbocycles. The lowest BCUT2D eigenvalue weighted by molar-refractivity contribution is 0.0586. The quantitative estimate of drug-likeness (QED) is 0.822. The monoisotopic (exact) mass is 307 g/mol. The fourth-order valence-corrected chi connectivity index (χ4v) is 1.98. The van der Waals surface area contributed by atoms with Crippen molar-refractivity contribution in [2.24, 2.45) is 0 Å². The number of ether oxygens (including phenoxy) is 1. The number of hydrogen-bond donors (Lipinski definition) is 2. The normalized spacial score (nSPS) is 12.1. The summed E-state index contributed by atoms with van der Waals surface area (Å²) in [5, 5.41) is 12.1. The van der Waals surface area contributed by atoms with Crippen LogP contribution in [0.5, 0.6) is 0 Å². The summed E-state index contributed by atoms with van der Waals surface area (Å²) in [6, 6.07) is 9.22. The Morgan fingerprint density at radius 2 is 2.14 bits per heavy atom. The van der Waals surface area contributed by atoms with Gasteiger partial charge in [0.15, 0.2) is 5.76 Å². The molecule has 1 atom stereocenters. The van der Waals surface area contributed by atoms with E-state index in [1.165, 1.54) is 19.2 Å². The predicted molar refractivity (Wildman–Crippen MR) is 78.9 cm³/mol. The van der Waals surface area contributed by atoms with Gasteiger partial charge in [0.1, 0.15) is 11.6 Å². The first-order valence-corrected chi connectivity index (χ1v) is 6.91. The Morgan fingerprint density at radius 1 is 1.36 bits per heavy atom. The fraction of sp³-hybridized carbons (Fsp3) is 0.312. The van der Waals surface area contributed by atoms with Crippen LogP contribution in [0.15, 0.2) is 40.8 Å². The van der Waals surface area contributed by atoms with E-state index in [4.69, 9.17) is 9.15 Å². The van der Waals surface area contributed by atoms with Crippen molar-refractivity contribution in [1.82, 2.24) is 5.32 Å². The van der Waals surface area contributed by atoms with Gasteiger partial charge >= 0.3 is 0 Å². The predicted octanol–water partition coefficient (Wildman–Crippen LogP) is 2.21. The fourth-order valence-electron chi connectivity index (χ4n) is 1.98. The van der Waals surface area contributed by atoms with Gasteiger partial charge in [-0.05, 0) is 30.7 Å². The molecule has 0 fully saturated rings. The highest BCUT2D eigenvalue weighted by Crippen LogP contribution is 2.24. The number of nitrogens with one attached hydrogen (secondary N) is 1. The van der Waals surface area contributed by atoms with E-state index in [0.717, 1.165) is 0 Å². The molecule has 0 aliphatic heterocycles. The van der Waals surface area contributed by atoms with Crippen LogP contribution in [0.4, 0.5) is 4.39 Å². The molecule has 2 aromatic rings. The molecule has 118 valence electrons. The minimum absolute atomic E-state index is 0.0967. The van der Waals surface area contributed by atoms with Crippen LogP contribution in [0.3, 0.4) is 0 Å². The molecule has 0 saturated heterocycles. The van der Waals surface area contributed by atoms with Gasteiger partial charge in [0.2, 0.25) is 0 Å². The molecule has 1 amide bonds. The minimum Gasteiger partial charge on any atom is -0.451 e. The Kier molecular flexibility index (Phi) is 5.68. The van der Waals surface area contributed by atoms with Crippen molar-refractivity contribution in [2.45, 2.75) is 12.5 Å². The highest BCUT2D eigenvalue weighted by atomic mass is 19.1. The summed E-state index contributed by atoms with van der Waals surface area (Å²) < 4.78 is 23.8. The maximum absolute atomic E-state index is 13.6. The van der Waals surface area contributed by atoms with Crippen molar-refractivity contribution in [3.63, 3.8) is 0 Å². The Hall–Kier alpha value is -2.18. The number of halogens is 1. The summed E-state index contributed by atoms with van der Waals surface area (Å²) in [5.74, 6) is -0.430. The Morgan fingerprint density at radius 3 is 2.86 bits per heavy atom. The summed E-state index contributed by atoms with van der Waals surface area (Å²) in [4.78, 5) is 11.9. The van der Waals surface area contributed by atoms with Crippen molar-refractivity contribution >= 4 is 5.91 Å². The lowest BCUT2D eigenvalue weighted by Crippen LogP contribution is -2.28. The number of furan rings is 1. The van der Waals surface area contributed by atoms with Crippen molar-refractivity contribution in [1.29, 1.82) is 0 Å². The van der Waals surface area contributed by atoms with Gasteiger partial charge in [-0.25, -0.2) is 4.39 Å². The van der Waals surface area contributed by atoms with E-state index in [-0.39, 0.29) is 12.4 Å². The summed E-state index contributed by atoms with van der Waals surface area (Å²) in [6.07, 6.45) is -0.253. The zero-order valence-electron chi connectivity index (χ0n) is 12.2. The molecular formula is C16H18FNO4. The number of benzene rings is 1. The number of carbonyl (C=O) groups excluding carboxylic acids is 1. The standard InChI is InChI=1S/C16H18FNO4/c1-21-10-11(19)8-9-18-16(20)15-7-6-14(22-15)12-4-2-3-5-13(12)17/h2-7,11,19H,8-10H2,1H3,(H,18,20). The molecule has 2 N–H and O–H groups in total. The highest BCUT2D eigenvalue weighted by molar-refractivity contribution is 5.92. The molecular weight excluding hydrogens is 289 g/mol. The van der Waals surface area contributed by atoms with Gasteiger partial charge in [-0.3, -0.25) is 4.79 Å². The molecule has 0 bridgehead atoms. The molecule has 0 radical (unpaired) electrons. The molecule has 22 heavy (non-hydrogen) atoms. The van der Waals surface area contributed by atoms with E-state index in [1.54, 1.807) is 24.3 Å². The summed E-state index contributed by atoms with van der Waals surface area (Å²) in [6.45, 7) is 0.507. The zero-order valence-corrected chi connectivity index (χ0v) is 12.2. The number of amides is 1. The van der Waals surface area contributed by atoms with Gasteiger partial charge in [-0.1, -0.05) is 12.1 Å². The first kappa shape index (κ1) is 16.2. The van der Waals surface area contributed by atoms with Crippen LogP contribution >= 0.6 is 0 Å². The van der Waals surface area contributed by atoms with Crippen molar-refractivity contribution < 1.29 is 23.4 Å². The van der Waals surface area contributed by atoms with Crippen LogP contribution in [-0.2, 0) is 4.74 Å². The van der Waals surface area contributed by atoms with Crippen LogP contribution in [0.2, 0.25) is 0 Å². The van der Waals surface area contributed by atoms with Gasteiger partial charge < -0.3 is 19.6 Å². The molecule has 5 nitrogen and oxygen atoms in total. The number of rotatable bonds is 7. The van der Waals surface area contributed by atoms with Crippen molar-refractivity contribution in [3.8, 4) is 11.3 Å². The van der Waals surface area contributed by atoms with Crippen LogP contribution < -0.4 is 5.32 Å². The molecule has 0 saturated carbocycles. The first-order chi connectivity index (χ1) is 10.6.